The van der Waals surface area contributed by atoms with Crippen LogP contribution in [0.5, 0.6) is 0 Å². The fourth-order valence-electron chi connectivity index (χ4n) is 1.76. The van der Waals surface area contributed by atoms with Crippen molar-refractivity contribution in [3.05, 3.63) is 47.2 Å². The third-order valence-electron chi connectivity index (χ3n) is 2.65. The van der Waals surface area contributed by atoms with E-state index in [1.54, 1.807) is 22.2 Å². The molecule has 0 bridgehead atoms. The number of aliphatic hydroxyl groups is 1. The molecule has 5 heteroatoms. The van der Waals surface area contributed by atoms with E-state index in [0.29, 0.717) is 5.69 Å². The Morgan fingerprint density at radius 2 is 2.29 bits per heavy atom. The molecule has 3 rings (SSSR count). The van der Waals surface area contributed by atoms with E-state index in [-0.39, 0.29) is 0 Å². The standard InChI is InChI=1S/C12H11N3OS/c1-15-4-2-10(14-15)12(16)8-6-11-9(13-7-8)3-5-17-11/h2-7,12,16H,1H3. The highest BCUT2D eigenvalue weighted by Crippen LogP contribution is 2.25. The van der Waals surface area contributed by atoms with Crippen LogP contribution in [-0.2, 0) is 7.05 Å². The lowest BCUT2D eigenvalue weighted by Gasteiger charge is -2.07. The molecular formula is C12H11N3OS. The van der Waals surface area contributed by atoms with Crippen molar-refractivity contribution in [2.75, 3.05) is 0 Å². The molecule has 0 amide bonds. The van der Waals surface area contributed by atoms with Crippen molar-refractivity contribution >= 4 is 21.6 Å². The molecule has 3 aromatic heterocycles. The van der Waals surface area contributed by atoms with Gasteiger partial charge in [-0.3, -0.25) is 9.67 Å². The molecule has 3 aromatic rings. The van der Waals surface area contributed by atoms with Crippen LogP contribution >= 0.6 is 11.3 Å². The Morgan fingerprint density at radius 3 is 3.06 bits per heavy atom. The Labute approximate surface area is 102 Å². The highest BCUT2D eigenvalue weighted by molar-refractivity contribution is 7.17. The maximum absolute atomic E-state index is 10.2. The van der Waals surface area contributed by atoms with Crippen LogP contribution in [0.25, 0.3) is 10.2 Å². The number of hydrogen-bond acceptors (Lipinski definition) is 4. The van der Waals surface area contributed by atoms with Crippen molar-refractivity contribution < 1.29 is 5.11 Å². The summed E-state index contributed by atoms with van der Waals surface area (Å²) in [6.45, 7) is 0. The third kappa shape index (κ3) is 1.83. The molecule has 1 atom stereocenters. The molecular weight excluding hydrogens is 234 g/mol. The molecule has 0 aromatic carbocycles. The minimum atomic E-state index is -0.713. The van der Waals surface area contributed by atoms with E-state index in [1.165, 1.54) is 0 Å². The van der Waals surface area contributed by atoms with E-state index in [9.17, 15) is 5.11 Å². The van der Waals surface area contributed by atoms with Crippen LogP contribution in [0.1, 0.15) is 17.4 Å². The minimum absolute atomic E-state index is 0.644. The lowest BCUT2D eigenvalue weighted by molar-refractivity contribution is 0.214. The average Bonchev–Trinajstić information content (AvgIpc) is 2.95. The lowest BCUT2D eigenvalue weighted by Crippen LogP contribution is -2.02. The topological polar surface area (TPSA) is 50.9 Å². The second-order valence-corrected chi connectivity index (χ2v) is 4.84. The molecule has 17 heavy (non-hydrogen) atoms. The molecule has 0 saturated heterocycles. The zero-order valence-electron chi connectivity index (χ0n) is 9.24. The normalized spacial score (nSPS) is 13.1. The second kappa shape index (κ2) is 3.94. The molecule has 3 heterocycles. The van der Waals surface area contributed by atoms with Gasteiger partial charge in [0.25, 0.3) is 0 Å². The van der Waals surface area contributed by atoms with Crippen LogP contribution in [0.3, 0.4) is 0 Å². The summed E-state index contributed by atoms with van der Waals surface area (Å²) in [5.41, 5.74) is 2.39. The monoisotopic (exact) mass is 245 g/mol. The Hall–Kier alpha value is -1.72. The fraction of sp³-hybridized carbons (Fsp3) is 0.167. The van der Waals surface area contributed by atoms with Gasteiger partial charge in [0.2, 0.25) is 0 Å². The van der Waals surface area contributed by atoms with E-state index in [4.69, 9.17) is 0 Å². The predicted octanol–water partition coefficient (Wildman–Crippen LogP) is 2.11. The number of nitrogens with zero attached hydrogens (tertiary/aromatic N) is 3. The molecule has 0 fully saturated rings. The van der Waals surface area contributed by atoms with Gasteiger partial charge in [-0.2, -0.15) is 5.10 Å². The van der Waals surface area contributed by atoms with Gasteiger partial charge in [0, 0.05) is 25.0 Å². The first-order valence-corrected chi connectivity index (χ1v) is 6.13. The van der Waals surface area contributed by atoms with Crippen molar-refractivity contribution in [1.82, 2.24) is 14.8 Å². The van der Waals surface area contributed by atoms with Crippen LogP contribution in [0.15, 0.2) is 36.0 Å². The first kappa shape index (κ1) is 10.4. The molecule has 1 unspecified atom stereocenters. The van der Waals surface area contributed by atoms with Crippen LogP contribution < -0.4 is 0 Å². The van der Waals surface area contributed by atoms with Gasteiger partial charge in [-0.05, 0) is 23.6 Å². The number of hydrogen-bond donors (Lipinski definition) is 1. The van der Waals surface area contributed by atoms with Crippen molar-refractivity contribution in [2.24, 2.45) is 7.05 Å². The van der Waals surface area contributed by atoms with Gasteiger partial charge in [0.15, 0.2) is 0 Å². The quantitative estimate of drug-likeness (QED) is 0.752. The van der Waals surface area contributed by atoms with E-state index in [2.05, 4.69) is 10.1 Å². The Bertz CT molecular complexity index is 658. The molecule has 0 aliphatic heterocycles. The fourth-order valence-corrected chi connectivity index (χ4v) is 2.55. The van der Waals surface area contributed by atoms with Gasteiger partial charge < -0.3 is 5.11 Å². The zero-order chi connectivity index (χ0) is 11.8. The van der Waals surface area contributed by atoms with Gasteiger partial charge >= 0.3 is 0 Å². The van der Waals surface area contributed by atoms with Crippen molar-refractivity contribution in [3.8, 4) is 0 Å². The summed E-state index contributed by atoms with van der Waals surface area (Å²) >= 11 is 1.62. The van der Waals surface area contributed by atoms with Crippen LogP contribution in [0, 0.1) is 0 Å². The maximum Gasteiger partial charge on any atom is 0.124 e. The molecule has 86 valence electrons. The Morgan fingerprint density at radius 1 is 1.41 bits per heavy atom. The third-order valence-corrected chi connectivity index (χ3v) is 3.51. The Balaban J connectivity index is 2.02. The van der Waals surface area contributed by atoms with Crippen molar-refractivity contribution in [1.29, 1.82) is 0 Å². The van der Waals surface area contributed by atoms with Crippen molar-refractivity contribution in [2.45, 2.75) is 6.10 Å². The van der Waals surface area contributed by atoms with Crippen LogP contribution in [-0.4, -0.2) is 19.9 Å². The van der Waals surface area contributed by atoms with Crippen LogP contribution in [0.4, 0.5) is 0 Å². The predicted molar refractivity (Wildman–Crippen MR) is 66.9 cm³/mol. The number of thiophene rings is 1. The highest BCUT2D eigenvalue weighted by Gasteiger charge is 2.14. The van der Waals surface area contributed by atoms with Gasteiger partial charge in [-0.1, -0.05) is 0 Å². The minimum Gasteiger partial charge on any atom is -0.382 e. The average molecular weight is 245 g/mol. The summed E-state index contributed by atoms with van der Waals surface area (Å²) in [7, 11) is 1.83. The van der Waals surface area contributed by atoms with Gasteiger partial charge in [0.05, 0.1) is 15.9 Å². The molecule has 4 nitrogen and oxygen atoms in total. The largest absolute Gasteiger partial charge is 0.382 e. The number of fused-ring (bicyclic) bond motifs is 1. The molecule has 0 aliphatic rings. The Kier molecular flexibility index (Phi) is 2.42. The number of pyridine rings is 1. The highest BCUT2D eigenvalue weighted by atomic mass is 32.1. The molecule has 0 saturated carbocycles. The van der Waals surface area contributed by atoms with E-state index in [1.807, 2.05) is 36.8 Å². The van der Waals surface area contributed by atoms with Crippen LogP contribution in [0.2, 0.25) is 0 Å². The summed E-state index contributed by atoms with van der Waals surface area (Å²) < 4.78 is 2.76. The molecule has 1 N–H and O–H groups in total. The second-order valence-electron chi connectivity index (χ2n) is 3.89. The molecule has 0 spiro atoms. The summed E-state index contributed by atoms with van der Waals surface area (Å²) in [5.74, 6) is 0. The summed E-state index contributed by atoms with van der Waals surface area (Å²) in [4.78, 5) is 4.31. The first-order valence-electron chi connectivity index (χ1n) is 5.25. The van der Waals surface area contributed by atoms with Crippen molar-refractivity contribution in [3.63, 3.8) is 0 Å². The summed E-state index contributed by atoms with van der Waals surface area (Å²) in [6, 6.07) is 5.74. The first-order chi connectivity index (χ1) is 8.24. The van der Waals surface area contributed by atoms with Gasteiger partial charge in [0.1, 0.15) is 6.10 Å². The smallest absolute Gasteiger partial charge is 0.124 e. The summed E-state index contributed by atoms with van der Waals surface area (Å²) in [5, 5.41) is 16.4. The van der Waals surface area contributed by atoms with E-state index < -0.39 is 6.10 Å². The number of aliphatic hydroxyl groups excluding tert-OH is 1. The van der Waals surface area contributed by atoms with Gasteiger partial charge in [-0.25, -0.2) is 0 Å². The lowest BCUT2D eigenvalue weighted by atomic mass is 10.1. The molecule has 0 aliphatic carbocycles. The number of rotatable bonds is 2. The summed E-state index contributed by atoms with van der Waals surface area (Å²) in [6.07, 6.45) is 2.81. The van der Waals surface area contributed by atoms with Gasteiger partial charge in [-0.15, -0.1) is 11.3 Å². The number of aromatic nitrogens is 3. The number of aryl methyl sites for hydroxylation is 1. The van der Waals surface area contributed by atoms with E-state index >= 15 is 0 Å². The molecule has 0 radical (unpaired) electrons. The SMILES string of the molecule is Cn1ccc(C(O)c2cnc3ccsc3c2)n1. The van der Waals surface area contributed by atoms with E-state index in [0.717, 1.165) is 15.8 Å². The maximum atomic E-state index is 10.2. The zero-order valence-corrected chi connectivity index (χ0v) is 10.1.